The van der Waals surface area contributed by atoms with Gasteiger partial charge in [0.05, 0.1) is 5.97 Å². The maximum Gasteiger partial charge on any atom is 0.189 e. The van der Waals surface area contributed by atoms with E-state index in [1.807, 2.05) is 0 Å². The van der Waals surface area contributed by atoms with Gasteiger partial charge in [-0.1, -0.05) is 19.1 Å². The van der Waals surface area contributed by atoms with Crippen LogP contribution in [-0.4, -0.2) is 11.0 Å². The lowest BCUT2D eigenvalue weighted by Crippen LogP contribution is -2.29. The number of carboxylic acid groups (broad SMARTS) is 1. The number of carboxylic acids is 1. The lowest BCUT2D eigenvalue weighted by Gasteiger charge is -2.13. The number of carbonyl (C=O) groups excluding carboxylic acids is 1. The summed E-state index contributed by atoms with van der Waals surface area (Å²) in [6, 6.07) is 8.29. The van der Waals surface area contributed by atoms with Crippen LogP contribution in [0.1, 0.15) is 18.5 Å². The Labute approximate surface area is 91.5 Å². The highest BCUT2D eigenvalue weighted by atomic mass is 16.4. The molecule has 1 atom stereocenters. The van der Waals surface area contributed by atoms with E-state index in [0.717, 1.165) is 0 Å². The van der Waals surface area contributed by atoms with Gasteiger partial charge in [0, 0.05) is 28.6 Å². The van der Waals surface area contributed by atoms with E-state index in [4.69, 9.17) is 0 Å². The van der Waals surface area contributed by atoms with Crippen molar-refractivity contribution in [3.05, 3.63) is 46.2 Å². The Balaban J connectivity index is 2.67. The van der Waals surface area contributed by atoms with Gasteiger partial charge in [-0.2, -0.15) is 0 Å². The van der Waals surface area contributed by atoms with Crippen LogP contribution in [0.4, 0.5) is 0 Å². The molecule has 0 aliphatic rings. The molecule has 2 aromatic rings. The minimum absolute atomic E-state index is 0.183. The zero-order valence-electron chi connectivity index (χ0n) is 8.69. The van der Waals surface area contributed by atoms with E-state index < -0.39 is 11.9 Å². The third-order valence-corrected chi connectivity index (χ3v) is 2.58. The van der Waals surface area contributed by atoms with E-state index in [9.17, 15) is 14.7 Å². The van der Waals surface area contributed by atoms with Crippen LogP contribution in [0, 0.1) is 0 Å². The lowest BCUT2D eigenvalue weighted by molar-refractivity contribution is -0.307. The van der Waals surface area contributed by atoms with Gasteiger partial charge in [0.1, 0.15) is 0 Å². The maximum absolute atomic E-state index is 11.7. The van der Waals surface area contributed by atoms with E-state index >= 15 is 0 Å². The monoisotopic (exact) mass is 216 g/mol. The number of H-pyrrole nitrogens is 1. The smallest absolute Gasteiger partial charge is 0.189 e. The molecule has 2 rings (SSSR count). The van der Waals surface area contributed by atoms with Crippen LogP contribution >= 0.6 is 0 Å². The molecule has 0 bridgehead atoms. The van der Waals surface area contributed by atoms with Crippen molar-refractivity contribution in [1.82, 2.24) is 4.98 Å². The van der Waals surface area contributed by atoms with Crippen molar-refractivity contribution in [2.75, 3.05) is 0 Å². The number of aliphatic carboxylic acids is 1. The summed E-state index contributed by atoms with van der Waals surface area (Å²) in [6.07, 6.45) is 0. The highest BCUT2D eigenvalue weighted by Crippen LogP contribution is 2.13. The van der Waals surface area contributed by atoms with Crippen LogP contribution in [0.15, 0.2) is 35.1 Å². The second-order valence-corrected chi connectivity index (χ2v) is 3.68. The Hall–Kier alpha value is -2.10. The topological polar surface area (TPSA) is 73.0 Å². The number of pyridine rings is 1. The first-order valence-electron chi connectivity index (χ1n) is 4.92. The Morgan fingerprint density at radius 2 is 2.06 bits per heavy atom. The van der Waals surface area contributed by atoms with Crippen molar-refractivity contribution in [3.63, 3.8) is 0 Å². The summed E-state index contributed by atoms with van der Waals surface area (Å²) in [5, 5.41) is 11.3. The summed E-state index contributed by atoms with van der Waals surface area (Å²) < 4.78 is 0. The molecular formula is C12H10NO3-. The molecule has 82 valence electrons. The molecule has 0 aliphatic heterocycles. The predicted octanol–water partition coefficient (Wildman–Crippen LogP) is 0.381. The number of para-hydroxylation sites is 1. The lowest BCUT2D eigenvalue weighted by atomic mass is 10.1. The van der Waals surface area contributed by atoms with Gasteiger partial charge >= 0.3 is 0 Å². The molecule has 0 fully saturated rings. The van der Waals surface area contributed by atoms with Crippen molar-refractivity contribution in [2.24, 2.45) is 0 Å². The third-order valence-electron chi connectivity index (χ3n) is 2.58. The number of aromatic amines is 1. The van der Waals surface area contributed by atoms with Crippen molar-refractivity contribution in [2.45, 2.75) is 12.8 Å². The molecule has 1 unspecified atom stereocenters. The van der Waals surface area contributed by atoms with E-state index in [0.29, 0.717) is 16.6 Å². The van der Waals surface area contributed by atoms with E-state index in [2.05, 4.69) is 4.98 Å². The fraction of sp³-hybridized carbons (Fsp3) is 0.167. The number of aromatic nitrogens is 1. The second kappa shape index (κ2) is 3.81. The fourth-order valence-electron chi connectivity index (χ4n) is 1.58. The average Bonchev–Trinajstić information content (AvgIpc) is 2.28. The van der Waals surface area contributed by atoms with Crippen LogP contribution < -0.4 is 10.5 Å². The van der Waals surface area contributed by atoms with Gasteiger partial charge in [-0.05, 0) is 12.1 Å². The Morgan fingerprint density at radius 1 is 1.38 bits per heavy atom. The molecule has 0 spiro atoms. The predicted molar refractivity (Wildman–Crippen MR) is 58.0 cm³/mol. The molecule has 16 heavy (non-hydrogen) atoms. The van der Waals surface area contributed by atoms with Crippen molar-refractivity contribution in [3.8, 4) is 0 Å². The summed E-state index contributed by atoms with van der Waals surface area (Å²) >= 11 is 0. The molecule has 4 heteroatoms. The van der Waals surface area contributed by atoms with Crippen LogP contribution in [0.5, 0.6) is 0 Å². The Morgan fingerprint density at radius 3 is 2.75 bits per heavy atom. The molecular weight excluding hydrogens is 206 g/mol. The zero-order chi connectivity index (χ0) is 11.7. The van der Waals surface area contributed by atoms with Gasteiger partial charge in [-0.15, -0.1) is 0 Å². The molecule has 1 aromatic heterocycles. The maximum atomic E-state index is 11.7. The van der Waals surface area contributed by atoms with Gasteiger partial charge < -0.3 is 14.9 Å². The number of benzene rings is 1. The minimum Gasteiger partial charge on any atom is -0.549 e. The summed E-state index contributed by atoms with van der Waals surface area (Å²) in [6.45, 7) is 1.48. The molecule has 0 saturated heterocycles. The van der Waals surface area contributed by atoms with Crippen molar-refractivity contribution >= 4 is 16.9 Å². The molecule has 0 saturated carbocycles. The van der Waals surface area contributed by atoms with E-state index in [1.54, 1.807) is 24.3 Å². The highest BCUT2D eigenvalue weighted by Gasteiger charge is 2.09. The number of hydrogen-bond donors (Lipinski definition) is 1. The fourth-order valence-corrected chi connectivity index (χ4v) is 1.58. The second-order valence-electron chi connectivity index (χ2n) is 3.68. The SMILES string of the molecule is CC(C(=O)[O-])c1cc(=O)c2ccccc2[nH]1. The number of carbonyl (C=O) groups is 1. The molecule has 0 amide bonds. The Bertz CT molecular complexity index is 600. The van der Waals surface area contributed by atoms with Crippen molar-refractivity contribution < 1.29 is 9.90 Å². The zero-order valence-corrected chi connectivity index (χ0v) is 8.69. The summed E-state index contributed by atoms with van der Waals surface area (Å²) in [4.78, 5) is 25.3. The summed E-state index contributed by atoms with van der Waals surface area (Å²) in [5.41, 5.74) is 0.819. The number of nitrogens with one attached hydrogen (secondary N) is 1. The van der Waals surface area contributed by atoms with Gasteiger partial charge in [-0.3, -0.25) is 4.79 Å². The first-order valence-corrected chi connectivity index (χ1v) is 4.92. The first-order chi connectivity index (χ1) is 7.59. The molecule has 1 N–H and O–H groups in total. The molecule has 0 aliphatic carbocycles. The summed E-state index contributed by atoms with van der Waals surface area (Å²) in [5.74, 6) is -2.02. The highest BCUT2D eigenvalue weighted by molar-refractivity contribution is 5.80. The number of hydrogen-bond acceptors (Lipinski definition) is 3. The first kappa shape index (κ1) is 10.4. The van der Waals surface area contributed by atoms with Crippen LogP contribution in [0.2, 0.25) is 0 Å². The third kappa shape index (κ3) is 1.69. The van der Waals surface area contributed by atoms with Crippen LogP contribution in [0.25, 0.3) is 10.9 Å². The quantitative estimate of drug-likeness (QED) is 0.788. The molecule has 1 heterocycles. The minimum atomic E-state index is -1.20. The molecule has 4 nitrogen and oxygen atoms in total. The van der Waals surface area contributed by atoms with E-state index in [-0.39, 0.29) is 5.43 Å². The average molecular weight is 216 g/mol. The van der Waals surface area contributed by atoms with Gasteiger partial charge in [0.25, 0.3) is 0 Å². The molecule has 1 aromatic carbocycles. The van der Waals surface area contributed by atoms with Gasteiger partial charge in [-0.25, -0.2) is 0 Å². The van der Waals surface area contributed by atoms with Crippen LogP contribution in [-0.2, 0) is 4.79 Å². The Kier molecular flexibility index (Phi) is 2.48. The molecule has 0 radical (unpaired) electrons. The normalized spacial score (nSPS) is 12.6. The summed E-state index contributed by atoms with van der Waals surface area (Å²) in [7, 11) is 0. The standard InChI is InChI=1S/C12H11NO3/c1-7(12(15)16)10-6-11(14)8-4-2-3-5-9(8)13-10/h2-7H,1H3,(H,13,14)(H,15,16)/p-1. The van der Waals surface area contributed by atoms with Crippen molar-refractivity contribution in [1.29, 1.82) is 0 Å². The largest absolute Gasteiger partial charge is 0.549 e. The van der Waals surface area contributed by atoms with Gasteiger partial charge in [0.2, 0.25) is 0 Å². The number of fused-ring (bicyclic) bond motifs is 1. The number of rotatable bonds is 2. The van der Waals surface area contributed by atoms with Gasteiger partial charge in [0.15, 0.2) is 5.43 Å². The van der Waals surface area contributed by atoms with Crippen LogP contribution in [0.3, 0.4) is 0 Å². The van der Waals surface area contributed by atoms with E-state index in [1.165, 1.54) is 13.0 Å².